The van der Waals surface area contributed by atoms with Gasteiger partial charge < -0.3 is 10.2 Å². The Labute approximate surface area is 138 Å². The van der Waals surface area contributed by atoms with Crippen LogP contribution in [-0.2, 0) is 6.54 Å². The van der Waals surface area contributed by atoms with Crippen LogP contribution in [0.25, 0.3) is 0 Å². The zero-order chi connectivity index (χ0) is 15.2. The molecule has 1 heterocycles. The molecule has 0 radical (unpaired) electrons. The normalized spacial score (nSPS) is 19.3. The lowest BCUT2D eigenvalue weighted by Gasteiger charge is -2.39. The Bertz CT molecular complexity index is 443. The standard InChI is InChI=1S/C18H29BrN2/c1-4-7-17-8-5-6-11-21(17)18-10-9-16(19)12-15(18)13-20-14(2)3/h9-10,12,14,17,20H,4-8,11,13H2,1-3H3. The van der Waals surface area contributed by atoms with Gasteiger partial charge in [-0.2, -0.15) is 0 Å². The highest BCUT2D eigenvalue weighted by Crippen LogP contribution is 2.31. The number of hydrogen-bond donors (Lipinski definition) is 1. The van der Waals surface area contributed by atoms with Gasteiger partial charge in [-0.15, -0.1) is 0 Å². The molecule has 21 heavy (non-hydrogen) atoms. The second-order valence-electron chi connectivity index (χ2n) is 6.44. The minimum Gasteiger partial charge on any atom is -0.368 e. The summed E-state index contributed by atoms with van der Waals surface area (Å²) in [5.74, 6) is 0. The molecule has 2 rings (SSSR count). The molecule has 1 fully saturated rings. The highest BCUT2D eigenvalue weighted by molar-refractivity contribution is 9.10. The summed E-state index contributed by atoms with van der Waals surface area (Å²) in [7, 11) is 0. The second kappa shape index (κ2) is 8.19. The van der Waals surface area contributed by atoms with Gasteiger partial charge in [-0.05, 0) is 49.4 Å². The van der Waals surface area contributed by atoms with Crippen molar-refractivity contribution in [1.82, 2.24) is 5.32 Å². The van der Waals surface area contributed by atoms with Crippen molar-refractivity contribution in [3.05, 3.63) is 28.2 Å². The predicted molar refractivity (Wildman–Crippen MR) is 96.0 cm³/mol. The first-order chi connectivity index (χ1) is 10.1. The van der Waals surface area contributed by atoms with Gasteiger partial charge in [0.25, 0.3) is 0 Å². The summed E-state index contributed by atoms with van der Waals surface area (Å²) in [6.45, 7) is 8.87. The SMILES string of the molecule is CCCC1CCCCN1c1ccc(Br)cc1CNC(C)C. The van der Waals surface area contributed by atoms with Gasteiger partial charge in [0.05, 0.1) is 0 Å². The molecule has 1 aliphatic rings. The number of benzene rings is 1. The zero-order valence-electron chi connectivity index (χ0n) is 13.7. The van der Waals surface area contributed by atoms with Crippen LogP contribution >= 0.6 is 15.9 Å². The molecule has 1 aromatic carbocycles. The molecule has 0 spiro atoms. The van der Waals surface area contributed by atoms with E-state index < -0.39 is 0 Å². The molecule has 118 valence electrons. The first-order valence-electron chi connectivity index (χ1n) is 8.40. The molecule has 0 aromatic heterocycles. The zero-order valence-corrected chi connectivity index (χ0v) is 15.2. The van der Waals surface area contributed by atoms with E-state index in [1.165, 1.54) is 54.4 Å². The molecule has 1 aromatic rings. The van der Waals surface area contributed by atoms with Crippen LogP contribution < -0.4 is 10.2 Å². The Kier molecular flexibility index (Phi) is 6.56. The summed E-state index contributed by atoms with van der Waals surface area (Å²) < 4.78 is 1.18. The first kappa shape index (κ1) is 16.8. The maximum absolute atomic E-state index is 3.63. The molecule has 0 saturated carbocycles. The molecule has 1 unspecified atom stereocenters. The topological polar surface area (TPSA) is 15.3 Å². The van der Waals surface area contributed by atoms with Crippen molar-refractivity contribution in [3.8, 4) is 0 Å². The number of rotatable bonds is 6. The third-order valence-corrected chi connectivity index (χ3v) is 4.79. The van der Waals surface area contributed by atoms with E-state index in [0.29, 0.717) is 6.04 Å². The minimum atomic E-state index is 0.518. The third kappa shape index (κ3) is 4.72. The monoisotopic (exact) mass is 352 g/mol. The molecule has 0 bridgehead atoms. The maximum atomic E-state index is 3.63. The summed E-state index contributed by atoms with van der Waals surface area (Å²) in [5.41, 5.74) is 2.85. The summed E-state index contributed by atoms with van der Waals surface area (Å²) >= 11 is 3.63. The maximum Gasteiger partial charge on any atom is 0.0415 e. The Morgan fingerprint density at radius 3 is 2.86 bits per heavy atom. The van der Waals surface area contributed by atoms with Crippen LogP contribution in [0.3, 0.4) is 0 Å². The third-order valence-electron chi connectivity index (χ3n) is 4.30. The molecule has 1 aliphatic heterocycles. The van der Waals surface area contributed by atoms with E-state index in [-0.39, 0.29) is 0 Å². The van der Waals surface area contributed by atoms with Gasteiger partial charge in [0.15, 0.2) is 0 Å². The van der Waals surface area contributed by atoms with E-state index in [4.69, 9.17) is 0 Å². The molecule has 1 atom stereocenters. The number of piperidine rings is 1. The first-order valence-corrected chi connectivity index (χ1v) is 9.19. The molecule has 0 amide bonds. The van der Waals surface area contributed by atoms with Crippen LogP contribution in [0.4, 0.5) is 5.69 Å². The number of anilines is 1. The van der Waals surface area contributed by atoms with Crippen LogP contribution in [-0.4, -0.2) is 18.6 Å². The van der Waals surface area contributed by atoms with Gasteiger partial charge in [0, 0.05) is 35.3 Å². The molecule has 0 aliphatic carbocycles. The van der Waals surface area contributed by atoms with Crippen LogP contribution in [0.15, 0.2) is 22.7 Å². The van der Waals surface area contributed by atoms with Crippen molar-refractivity contribution in [1.29, 1.82) is 0 Å². The van der Waals surface area contributed by atoms with Crippen molar-refractivity contribution in [3.63, 3.8) is 0 Å². The van der Waals surface area contributed by atoms with Crippen molar-refractivity contribution in [2.24, 2.45) is 0 Å². The Morgan fingerprint density at radius 1 is 1.33 bits per heavy atom. The van der Waals surface area contributed by atoms with E-state index in [2.05, 4.69) is 65.1 Å². The Hall–Kier alpha value is -0.540. The smallest absolute Gasteiger partial charge is 0.0415 e. The summed E-state index contributed by atoms with van der Waals surface area (Å²) in [6, 6.07) is 8.01. The van der Waals surface area contributed by atoms with Crippen molar-refractivity contribution in [2.75, 3.05) is 11.4 Å². The van der Waals surface area contributed by atoms with Crippen LogP contribution in [0.2, 0.25) is 0 Å². The Balaban J connectivity index is 2.23. The lowest BCUT2D eigenvalue weighted by atomic mass is 9.96. The second-order valence-corrected chi connectivity index (χ2v) is 7.36. The number of halogens is 1. The highest BCUT2D eigenvalue weighted by Gasteiger charge is 2.23. The fourth-order valence-electron chi connectivity index (χ4n) is 3.24. The largest absolute Gasteiger partial charge is 0.368 e. The molecule has 3 heteroatoms. The fraction of sp³-hybridized carbons (Fsp3) is 0.667. The van der Waals surface area contributed by atoms with Crippen molar-refractivity contribution in [2.45, 2.75) is 71.5 Å². The quantitative estimate of drug-likeness (QED) is 0.765. The van der Waals surface area contributed by atoms with Crippen molar-refractivity contribution >= 4 is 21.6 Å². The summed E-state index contributed by atoms with van der Waals surface area (Å²) in [4.78, 5) is 2.66. The molecular weight excluding hydrogens is 324 g/mol. The predicted octanol–water partition coefficient (Wildman–Crippen LogP) is 5.11. The van der Waals surface area contributed by atoms with E-state index in [1.807, 2.05) is 0 Å². The van der Waals surface area contributed by atoms with Gasteiger partial charge in [-0.25, -0.2) is 0 Å². The van der Waals surface area contributed by atoms with Crippen LogP contribution in [0.1, 0.15) is 58.4 Å². The lowest BCUT2D eigenvalue weighted by Crippen LogP contribution is -2.40. The fourth-order valence-corrected chi connectivity index (χ4v) is 3.65. The van der Waals surface area contributed by atoms with E-state index >= 15 is 0 Å². The molecule has 1 N–H and O–H groups in total. The van der Waals surface area contributed by atoms with Gasteiger partial charge >= 0.3 is 0 Å². The van der Waals surface area contributed by atoms with E-state index in [1.54, 1.807) is 0 Å². The molecule has 2 nitrogen and oxygen atoms in total. The van der Waals surface area contributed by atoms with Gasteiger partial charge in [0.2, 0.25) is 0 Å². The van der Waals surface area contributed by atoms with Gasteiger partial charge in [-0.3, -0.25) is 0 Å². The van der Waals surface area contributed by atoms with Gasteiger partial charge in [-0.1, -0.05) is 43.1 Å². The van der Waals surface area contributed by atoms with Crippen LogP contribution in [0, 0.1) is 0 Å². The summed E-state index contributed by atoms with van der Waals surface area (Å²) in [6.07, 6.45) is 6.65. The van der Waals surface area contributed by atoms with E-state index in [0.717, 1.165) is 12.6 Å². The van der Waals surface area contributed by atoms with E-state index in [9.17, 15) is 0 Å². The average molecular weight is 353 g/mol. The molecule has 1 saturated heterocycles. The van der Waals surface area contributed by atoms with Crippen LogP contribution in [0.5, 0.6) is 0 Å². The Morgan fingerprint density at radius 2 is 2.14 bits per heavy atom. The summed E-state index contributed by atoms with van der Waals surface area (Å²) in [5, 5.41) is 3.57. The van der Waals surface area contributed by atoms with Crippen molar-refractivity contribution < 1.29 is 0 Å². The minimum absolute atomic E-state index is 0.518. The number of nitrogens with zero attached hydrogens (tertiary/aromatic N) is 1. The highest BCUT2D eigenvalue weighted by atomic mass is 79.9. The lowest BCUT2D eigenvalue weighted by molar-refractivity contribution is 0.433. The molecular formula is C18H29BrN2. The average Bonchev–Trinajstić information content (AvgIpc) is 2.46. The number of hydrogen-bond acceptors (Lipinski definition) is 2. The number of nitrogens with one attached hydrogen (secondary N) is 1. The van der Waals surface area contributed by atoms with Gasteiger partial charge in [0.1, 0.15) is 0 Å².